The van der Waals surface area contributed by atoms with Gasteiger partial charge >= 0.3 is 5.97 Å². The van der Waals surface area contributed by atoms with E-state index in [0.29, 0.717) is 6.61 Å². The Morgan fingerprint density at radius 2 is 1.65 bits per heavy atom. The normalized spacial score (nSPS) is 13.1. The van der Waals surface area contributed by atoms with E-state index < -0.39 is 0 Å². The van der Waals surface area contributed by atoms with Gasteiger partial charge in [0.05, 0.1) is 6.61 Å². The summed E-state index contributed by atoms with van der Waals surface area (Å²) in [7, 11) is 0. The smallest absolute Gasteiger partial charge is 0.328 e. The van der Waals surface area contributed by atoms with E-state index in [2.05, 4.69) is 24.4 Å². The van der Waals surface area contributed by atoms with Crippen molar-refractivity contribution in [2.24, 2.45) is 5.92 Å². The van der Waals surface area contributed by atoms with Gasteiger partial charge in [0.25, 0.3) is 0 Å². The van der Waals surface area contributed by atoms with Gasteiger partial charge in [-0.3, -0.25) is 0 Å². The van der Waals surface area contributed by atoms with Gasteiger partial charge in [-0.15, -0.1) is 0 Å². The zero-order valence-electron chi connectivity index (χ0n) is 13.9. The summed E-state index contributed by atoms with van der Waals surface area (Å²) in [4.78, 5) is 12.3. The van der Waals surface area contributed by atoms with E-state index in [1.165, 1.54) is 5.56 Å². The number of esters is 1. The van der Waals surface area contributed by atoms with Gasteiger partial charge in [0, 0.05) is 5.69 Å². The summed E-state index contributed by atoms with van der Waals surface area (Å²) in [5.74, 6) is -0.00798. The molecule has 0 spiro atoms. The molecule has 122 valence electrons. The van der Waals surface area contributed by atoms with Crippen molar-refractivity contribution >= 4 is 11.7 Å². The van der Waals surface area contributed by atoms with Crippen LogP contribution in [0.1, 0.15) is 25.8 Å². The predicted molar refractivity (Wildman–Crippen MR) is 94.4 cm³/mol. The lowest BCUT2D eigenvalue weighted by atomic mass is 9.94. The van der Waals surface area contributed by atoms with Gasteiger partial charge in [0.15, 0.2) is 0 Å². The lowest BCUT2D eigenvalue weighted by Gasteiger charge is -2.24. The van der Waals surface area contributed by atoms with E-state index in [1.54, 1.807) is 0 Å². The van der Waals surface area contributed by atoms with Crippen molar-refractivity contribution in [2.75, 3.05) is 11.9 Å². The van der Waals surface area contributed by atoms with Crippen LogP contribution in [-0.2, 0) is 16.0 Å². The topological polar surface area (TPSA) is 38.3 Å². The van der Waals surface area contributed by atoms with Crippen molar-refractivity contribution in [3.05, 3.63) is 66.2 Å². The first-order valence-electron chi connectivity index (χ1n) is 8.23. The van der Waals surface area contributed by atoms with Crippen LogP contribution < -0.4 is 5.32 Å². The number of benzene rings is 2. The van der Waals surface area contributed by atoms with Crippen LogP contribution in [0.25, 0.3) is 0 Å². The van der Waals surface area contributed by atoms with Gasteiger partial charge in [-0.2, -0.15) is 0 Å². The standard InChI is InChI=1S/C20H25NO2/c1-3-23-20(22)19(21-18-12-8-5-9-13-18)16(2)14-15-17-10-6-4-7-11-17/h4-13,16,19,21H,3,14-15H2,1-2H3. The number of hydrogen-bond acceptors (Lipinski definition) is 3. The molecule has 0 amide bonds. The average molecular weight is 311 g/mol. The van der Waals surface area contributed by atoms with Crippen LogP contribution in [0, 0.1) is 5.92 Å². The summed E-state index contributed by atoms with van der Waals surface area (Å²) in [6, 6.07) is 19.8. The molecule has 3 heteroatoms. The van der Waals surface area contributed by atoms with Crippen LogP contribution in [0.4, 0.5) is 5.69 Å². The fourth-order valence-corrected chi connectivity index (χ4v) is 2.59. The minimum Gasteiger partial charge on any atom is -0.464 e. The molecule has 0 saturated carbocycles. The van der Waals surface area contributed by atoms with E-state index >= 15 is 0 Å². The van der Waals surface area contributed by atoms with Crippen molar-refractivity contribution in [2.45, 2.75) is 32.7 Å². The molecule has 23 heavy (non-hydrogen) atoms. The van der Waals surface area contributed by atoms with Crippen LogP contribution in [0.15, 0.2) is 60.7 Å². The van der Waals surface area contributed by atoms with Crippen molar-refractivity contribution in [3.8, 4) is 0 Å². The van der Waals surface area contributed by atoms with Gasteiger partial charge in [0.1, 0.15) is 6.04 Å². The second-order valence-corrected chi connectivity index (χ2v) is 5.74. The number of rotatable bonds is 8. The minimum atomic E-state index is -0.332. The monoisotopic (exact) mass is 311 g/mol. The molecule has 0 aliphatic heterocycles. The zero-order chi connectivity index (χ0) is 16.5. The number of nitrogens with one attached hydrogen (secondary N) is 1. The van der Waals surface area contributed by atoms with E-state index in [0.717, 1.165) is 18.5 Å². The Morgan fingerprint density at radius 3 is 2.26 bits per heavy atom. The van der Waals surface area contributed by atoms with Crippen LogP contribution >= 0.6 is 0 Å². The molecular weight excluding hydrogens is 286 g/mol. The van der Waals surface area contributed by atoms with E-state index in [1.807, 2.05) is 55.5 Å². The fourth-order valence-electron chi connectivity index (χ4n) is 2.59. The van der Waals surface area contributed by atoms with Gasteiger partial charge in [-0.25, -0.2) is 4.79 Å². The van der Waals surface area contributed by atoms with Crippen molar-refractivity contribution in [1.82, 2.24) is 0 Å². The molecule has 0 heterocycles. The maximum atomic E-state index is 12.3. The third kappa shape index (κ3) is 5.44. The summed E-state index contributed by atoms with van der Waals surface area (Å²) in [6.45, 7) is 4.34. The summed E-state index contributed by atoms with van der Waals surface area (Å²) < 4.78 is 5.25. The SMILES string of the molecule is CCOC(=O)C(Nc1ccccc1)C(C)CCc1ccccc1. The summed E-state index contributed by atoms with van der Waals surface area (Å²) in [5, 5.41) is 3.33. The third-order valence-corrected chi connectivity index (χ3v) is 3.94. The number of ether oxygens (including phenoxy) is 1. The predicted octanol–water partition coefficient (Wildman–Crippen LogP) is 4.30. The highest BCUT2D eigenvalue weighted by molar-refractivity contribution is 5.79. The molecule has 2 unspecified atom stereocenters. The van der Waals surface area contributed by atoms with Gasteiger partial charge in [-0.05, 0) is 43.4 Å². The van der Waals surface area contributed by atoms with Crippen LogP contribution in [0.3, 0.4) is 0 Å². The summed E-state index contributed by atoms with van der Waals surface area (Å²) in [6.07, 6.45) is 1.88. The molecule has 2 rings (SSSR count). The maximum absolute atomic E-state index is 12.3. The first-order chi connectivity index (χ1) is 11.2. The Bertz CT molecular complexity index is 583. The van der Waals surface area contributed by atoms with Crippen LogP contribution in [0.2, 0.25) is 0 Å². The highest BCUT2D eigenvalue weighted by Gasteiger charge is 2.26. The van der Waals surface area contributed by atoms with Gasteiger partial charge in [-0.1, -0.05) is 55.5 Å². The molecule has 1 N–H and O–H groups in total. The van der Waals surface area contributed by atoms with Crippen molar-refractivity contribution in [1.29, 1.82) is 0 Å². The Hall–Kier alpha value is -2.29. The lowest BCUT2D eigenvalue weighted by molar-refractivity contribution is -0.145. The number of hydrogen-bond donors (Lipinski definition) is 1. The molecule has 2 aromatic carbocycles. The largest absolute Gasteiger partial charge is 0.464 e. The third-order valence-electron chi connectivity index (χ3n) is 3.94. The second kappa shape index (κ2) is 8.99. The van der Waals surface area contributed by atoms with E-state index in [-0.39, 0.29) is 17.9 Å². The number of carbonyl (C=O) groups excluding carboxylic acids is 1. The molecule has 0 radical (unpaired) electrons. The van der Waals surface area contributed by atoms with E-state index in [9.17, 15) is 4.79 Å². The Morgan fingerprint density at radius 1 is 1.04 bits per heavy atom. The molecule has 0 aliphatic rings. The zero-order valence-corrected chi connectivity index (χ0v) is 13.9. The summed E-state index contributed by atoms with van der Waals surface area (Å²) >= 11 is 0. The van der Waals surface area contributed by atoms with Gasteiger partial charge in [0.2, 0.25) is 0 Å². The fraction of sp³-hybridized carbons (Fsp3) is 0.350. The molecule has 0 fully saturated rings. The molecule has 2 atom stereocenters. The van der Waals surface area contributed by atoms with Crippen LogP contribution in [0.5, 0.6) is 0 Å². The lowest BCUT2D eigenvalue weighted by Crippen LogP contribution is -2.37. The van der Waals surface area contributed by atoms with E-state index in [4.69, 9.17) is 4.74 Å². The van der Waals surface area contributed by atoms with Crippen LogP contribution in [-0.4, -0.2) is 18.6 Å². The second-order valence-electron chi connectivity index (χ2n) is 5.74. The number of anilines is 1. The first-order valence-corrected chi connectivity index (χ1v) is 8.23. The molecule has 0 saturated heterocycles. The number of para-hydroxylation sites is 1. The summed E-state index contributed by atoms with van der Waals surface area (Å²) in [5.41, 5.74) is 2.23. The Kier molecular flexibility index (Phi) is 6.67. The Labute approximate surface area is 138 Å². The highest BCUT2D eigenvalue weighted by Crippen LogP contribution is 2.19. The number of aryl methyl sites for hydroxylation is 1. The molecule has 3 nitrogen and oxygen atoms in total. The quantitative estimate of drug-likeness (QED) is 0.739. The Balaban J connectivity index is 2.01. The van der Waals surface area contributed by atoms with Crippen molar-refractivity contribution < 1.29 is 9.53 Å². The number of carbonyl (C=O) groups is 1. The first kappa shape index (κ1) is 17.1. The molecule has 0 bridgehead atoms. The minimum absolute atomic E-state index is 0.175. The van der Waals surface area contributed by atoms with Gasteiger partial charge < -0.3 is 10.1 Å². The molecular formula is C20H25NO2. The molecule has 2 aromatic rings. The maximum Gasteiger partial charge on any atom is 0.328 e. The van der Waals surface area contributed by atoms with Crippen molar-refractivity contribution in [3.63, 3.8) is 0 Å². The molecule has 0 aliphatic carbocycles. The average Bonchev–Trinajstić information content (AvgIpc) is 2.59. The highest BCUT2D eigenvalue weighted by atomic mass is 16.5. The molecule has 0 aromatic heterocycles.